The minimum atomic E-state index is -3.46. The molecular weight excluding hydrogens is 404 g/mol. The van der Waals surface area contributed by atoms with Crippen LogP contribution in [0.25, 0.3) is 0 Å². The second-order valence-corrected chi connectivity index (χ2v) is 9.60. The molecule has 1 heterocycles. The normalized spacial score (nSPS) is 16.5. The Morgan fingerprint density at radius 3 is 2.50 bits per heavy atom. The average molecular weight is 425 g/mol. The average Bonchev–Trinajstić information content (AvgIpc) is 2.66. The second kappa shape index (κ2) is 7.90. The molecule has 10 heteroatoms. The number of rotatable bonds is 5. The molecular formula is C18H20N2O6S2. The van der Waals surface area contributed by atoms with E-state index in [4.69, 9.17) is 5.21 Å². The number of carbonyl (C=O) groups excluding carboxylic acids is 1. The lowest BCUT2D eigenvalue weighted by atomic mass is 10.0. The van der Waals surface area contributed by atoms with Crippen LogP contribution in [0.1, 0.15) is 34.5 Å². The van der Waals surface area contributed by atoms with Gasteiger partial charge < -0.3 is 4.90 Å². The first-order valence-electron chi connectivity index (χ1n) is 8.51. The fraction of sp³-hybridized carbons (Fsp3) is 0.278. The van der Waals surface area contributed by atoms with Crippen molar-refractivity contribution in [1.29, 1.82) is 0 Å². The first kappa shape index (κ1) is 20.3. The minimum Gasteiger partial charge on any atom is -0.363 e. The summed E-state index contributed by atoms with van der Waals surface area (Å²) in [6.45, 7) is 2.15. The largest absolute Gasteiger partial charge is 0.363 e. The highest BCUT2D eigenvalue weighted by molar-refractivity contribution is 7.91. The Labute approximate surface area is 164 Å². The maximum atomic E-state index is 12.4. The number of thiol groups is 1. The molecule has 0 bridgehead atoms. The highest BCUT2D eigenvalue weighted by atomic mass is 32.2. The molecule has 2 N–H and O–H groups in total. The lowest BCUT2D eigenvalue weighted by molar-refractivity contribution is 0.0706. The smallest absolute Gasteiger partial charge is 0.274 e. The number of carbonyl (C=O) groups is 1. The number of sulfone groups is 1. The summed E-state index contributed by atoms with van der Waals surface area (Å²) < 4.78 is 46.6. The van der Waals surface area contributed by atoms with Gasteiger partial charge in [-0.2, -0.15) is 0 Å². The first-order valence-corrected chi connectivity index (χ1v) is 11.5. The molecule has 8 nitrogen and oxygen atoms in total. The molecule has 0 aromatic heterocycles. The van der Waals surface area contributed by atoms with Crippen LogP contribution in [0.2, 0.25) is 0 Å². The topological polar surface area (TPSA) is 121 Å². The second-order valence-electron chi connectivity index (χ2n) is 6.54. The molecule has 1 unspecified atom stereocenters. The SMILES string of the molecule is CC(c1ccc(C[SH](=O)=O)cc1)N1CCS(=O)(=O)c2ccc(C(=O)NO)cc21. The van der Waals surface area contributed by atoms with E-state index in [0.717, 1.165) is 5.56 Å². The van der Waals surface area contributed by atoms with E-state index in [9.17, 15) is 21.6 Å². The van der Waals surface area contributed by atoms with Gasteiger partial charge in [-0.05, 0) is 36.2 Å². The zero-order valence-corrected chi connectivity index (χ0v) is 16.7. The van der Waals surface area contributed by atoms with Gasteiger partial charge in [-0.1, -0.05) is 24.3 Å². The van der Waals surface area contributed by atoms with Crippen molar-refractivity contribution in [2.45, 2.75) is 23.6 Å². The molecule has 0 fully saturated rings. The third-order valence-electron chi connectivity index (χ3n) is 4.81. The van der Waals surface area contributed by atoms with Crippen molar-refractivity contribution in [1.82, 2.24) is 5.48 Å². The molecule has 2 aromatic carbocycles. The van der Waals surface area contributed by atoms with Crippen molar-refractivity contribution in [3.63, 3.8) is 0 Å². The predicted octanol–water partition coefficient (Wildman–Crippen LogP) is 1.27. The van der Waals surface area contributed by atoms with E-state index in [1.165, 1.54) is 18.2 Å². The Morgan fingerprint density at radius 2 is 1.89 bits per heavy atom. The van der Waals surface area contributed by atoms with E-state index in [1.807, 2.05) is 24.0 Å². The molecule has 0 saturated carbocycles. The summed E-state index contributed by atoms with van der Waals surface area (Å²) in [7, 11) is -5.97. The van der Waals surface area contributed by atoms with Crippen LogP contribution in [0.3, 0.4) is 0 Å². The van der Waals surface area contributed by atoms with Gasteiger partial charge in [-0.3, -0.25) is 10.0 Å². The maximum Gasteiger partial charge on any atom is 0.274 e. The molecule has 2 aromatic rings. The summed E-state index contributed by atoms with van der Waals surface area (Å²) in [5.41, 5.74) is 3.65. The zero-order chi connectivity index (χ0) is 20.5. The van der Waals surface area contributed by atoms with Crippen LogP contribution in [0.4, 0.5) is 5.69 Å². The first-order chi connectivity index (χ1) is 13.2. The lowest BCUT2D eigenvalue weighted by Gasteiger charge is -2.36. The summed E-state index contributed by atoms with van der Waals surface area (Å²) >= 11 is 0. The number of nitrogens with zero attached hydrogens (tertiary/aromatic N) is 1. The zero-order valence-electron chi connectivity index (χ0n) is 15.0. The highest BCUT2D eigenvalue weighted by Crippen LogP contribution is 2.37. The number of benzene rings is 2. The predicted molar refractivity (Wildman–Crippen MR) is 104 cm³/mol. The number of hydrogen-bond acceptors (Lipinski definition) is 7. The van der Waals surface area contributed by atoms with Crippen molar-refractivity contribution in [2.75, 3.05) is 17.2 Å². The van der Waals surface area contributed by atoms with Crippen molar-refractivity contribution in [3.8, 4) is 0 Å². The van der Waals surface area contributed by atoms with Gasteiger partial charge in [-0.25, -0.2) is 22.3 Å². The van der Waals surface area contributed by atoms with Crippen molar-refractivity contribution < 1.29 is 26.8 Å². The number of fused-ring (bicyclic) bond motifs is 1. The van der Waals surface area contributed by atoms with Gasteiger partial charge >= 0.3 is 0 Å². The fourth-order valence-corrected chi connectivity index (χ4v) is 5.23. The van der Waals surface area contributed by atoms with Crippen LogP contribution < -0.4 is 10.4 Å². The quantitative estimate of drug-likeness (QED) is 0.375. The van der Waals surface area contributed by atoms with E-state index in [0.29, 0.717) is 11.3 Å². The van der Waals surface area contributed by atoms with Gasteiger partial charge in [-0.15, -0.1) is 0 Å². The van der Waals surface area contributed by atoms with Crippen LogP contribution in [-0.4, -0.2) is 40.2 Å². The van der Waals surface area contributed by atoms with E-state index < -0.39 is 26.4 Å². The van der Waals surface area contributed by atoms with E-state index >= 15 is 0 Å². The molecule has 1 amide bonds. The number of nitrogens with one attached hydrogen (secondary N) is 1. The van der Waals surface area contributed by atoms with E-state index in [1.54, 1.807) is 17.6 Å². The molecule has 0 saturated heterocycles. The number of anilines is 1. The van der Waals surface area contributed by atoms with E-state index in [2.05, 4.69) is 0 Å². The monoisotopic (exact) mass is 424 g/mol. The van der Waals surface area contributed by atoms with Gasteiger partial charge in [0.2, 0.25) is 0 Å². The third kappa shape index (κ3) is 4.03. The van der Waals surface area contributed by atoms with Crippen molar-refractivity contribution >= 4 is 32.1 Å². The molecule has 3 rings (SSSR count). The third-order valence-corrected chi connectivity index (χ3v) is 7.17. The molecule has 0 aliphatic carbocycles. The Morgan fingerprint density at radius 1 is 1.21 bits per heavy atom. The number of amides is 1. The van der Waals surface area contributed by atoms with Crippen LogP contribution in [0, 0.1) is 0 Å². The van der Waals surface area contributed by atoms with Crippen LogP contribution in [0.5, 0.6) is 0 Å². The van der Waals surface area contributed by atoms with Gasteiger partial charge in [0.1, 0.15) is 10.7 Å². The summed E-state index contributed by atoms with van der Waals surface area (Å²) in [6, 6.07) is 11.1. The minimum absolute atomic E-state index is 0.0333. The van der Waals surface area contributed by atoms with Gasteiger partial charge in [0, 0.05) is 12.1 Å². The Balaban J connectivity index is 1.99. The van der Waals surface area contributed by atoms with Crippen LogP contribution >= 0.6 is 0 Å². The molecule has 150 valence electrons. The Bertz CT molecular complexity index is 1070. The van der Waals surface area contributed by atoms with Gasteiger partial charge in [0.05, 0.1) is 28.1 Å². The Kier molecular flexibility index (Phi) is 5.73. The van der Waals surface area contributed by atoms with Crippen LogP contribution in [-0.2, 0) is 26.3 Å². The summed E-state index contributed by atoms with van der Waals surface area (Å²) in [6.07, 6.45) is 0. The molecule has 1 atom stereocenters. The summed E-state index contributed by atoms with van der Waals surface area (Å²) in [4.78, 5) is 13.8. The maximum absolute atomic E-state index is 12.4. The molecule has 1 aliphatic rings. The summed E-state index contributed by atoms with van der Waals surface area (Å²) in [5, 5.41) is 8.86. The van der Waals surface area contributed by atoms with Crippen molar-refractivity contribution in [3.05, 3.63) is 59.2 Å². The highest BCUT2D eigenvalue weighted by Gasteiger charge is 2.32. The van der Waals surface area contributed by atoms with Gasteiger partial charge in [0.15, 0.2) is 9.84 Å². The van der Waals surface area contributed by atoms with Crippen LogP contribution in [0.15, 0.2) is 47.4 Å². The molecule has 28 heavy (non-hydrogen) atoms. The summed E-state index contributed by atoms with van der Waals surface area (Å²) in [5.74, 6) is -0.812. The Hall–Kier alpha value is -2.43. The number of hydrogen-bond donors (Lipinski definition) is 3. The molecule has 1 aliphatic heterocycles. The lowest BCUT2D eigenvalue weighted by Crippen LogP contribution is -2.37. The molecule has 0 spiro atoms. The fourth-order valence-electron chi connectivity index (χ4n) is 3.29. The van der Waals surface area contributed by atoms with E-state index in [-0.39, 0.29) is 34.6 Å². The standard InChI is InChI=1S/C18H20N2O6S2/c1-12(14-4-2-13(3-5-14)11-27(23)24)20-8-9-28(25,26)17-7-6-15(10-16(17)20)18(21)19-22/h2-7,10,12,22,27H,8-9,11H2,1H3,(H,19,21). The van der Waals surface area contributed by atoms with Gasteiger partial charge in [0.25, 0.3) is 5.91 Å². The molecule has 0 radical (unpaired) electrons. The van der Waals surface area contributed by atoms with Crippen molar-refractivity contribution in [2.24, 2.45) is 0 Å². The number of hydroxylamine groups is 1.